The van der Waals surface area contributed by atoms with Gasteiger partial charge in [0.1, 0.15) is 0 Å². The van der Waals surface area contributed by atoms with Crippen molar-refractivity contribution in [3.63, 3.8) is 0 Å². The molecular weight excluding hydrogens is 853 g/mol. The lowest BCUT2D eigenvalue weighted by molar-refractivity contribution is 0.915. The minimum atomic E-state index is -0.370. The molecule has 0 bridgehead atoms. The van der Waals surface area contributed by atoms with Crippen LogP contribution in [0.3, 0.4) is 0 Å². The molecule has 0 saturated carbocycles. The van der Waals surface area contributed by atoms with Crippen LogP contribution in [0.5, 0.6) is 0 Å². The second kappa shape index (κ2) is 16.4. The van der Waals surface area contributed by atoms with Crippen molar-refractivity contribution in [1.29, 1.82) is 0 Å². The van der Waals surface area contributed by atoms with Crippen LogP contribution in [0.2, 0.25) is 0 Å². The van der Waals surface area contributed by atoms with Gasteiger partial charge < -0.3 is 4.57 Å². The summed E-state index contributed by atoms with van der Waals surface area (Å²) in [6.45, 7) is 9.00. The number of allylic oxidation sites excluding steroid dienone is 2. The van der Waals surface area contributed by atoms with Crippen molar-refractivity contribution in [3.8, 4) is 16.8 Å². The fraction of sp³-hybridized carbons (Fsp3) is 0.0455. The third kappa shape index (κ3) is 6.80. The van der Waals surface area contributed by atoms with Crippen LogP contribution in [0.15, 0.2) is 242 Å². The maximum Gasteiger partial charge on any atom is 0.0936 e. The third-order valence-electron chi connectivity index (χ3n) is 14.4. The highest BCUT2D eigenvalue weighted by Gasteiger charge is 2.23. The van der Waals surface area contributed by atoms with Gasteiger partial charge in [-0.25, -0.2) is 0 Å². The number of fused-ring (bicyclic) bond motifs is 12. The van der Waals surface area contributed by atoms with E-state index in [-0.39, 0.29) is 6.04 Å². The number of hydrogen-bond acceptors (Lipinski definition) is 2. The van der Waals surface area contributed by atoms with E-state index in [9.17, 15) is 0 Å². The minimum Gasteiger partial charge on any atom is -0.308 e. The van der Waals surface area contributed by atoms with Crippen molar-refractivity contribution in [2.24, 2.45) is 4.99 Å². The van der Waals surface area contributed by atoms with E-state index in [0.717, 1.165) is 28.1 Å². The highest BCUT2D eigenvalue weighted by Crippen LogP contribution is 2.47. The summed E-state index contributed by atoms with van der Waals surface area (Å²) in [6.07, 6.45) is 2.03. The van der Waals surface area contributed by atoms with Crippen LogP contribution in [-0.2, 0) is 0 Å². The normalized spacial score (nSPS) is 13.1. The average molecular weight is 899 g/mol. The quantitative estimate of drug-likeness (QED) is 0.107. The molecule has 2 heterocycles. The second-order valence-electron chi connectivity index (χ2n) is 18.3. The van der Waals surface area contributed by atoms with Gasteiger partial charge in [0.15, 0.2) is 0 Å². The molecule has 0 aliphatic carbocycles. The number of thiophene rings is 1. The fourth-order valence-corrected chi connectivity index (χ4v) is 12.1. The van der Waals surface area contributed by atoms with E-state index in [1.807, 2.05) is 17.4 Å². The van der Waals surface area contributed by atoms with E-state index in [1.165, 1.54) is 107 Å². The third-order valence-corrected chi connectivity index (χ3v) is 15.6. The molecule has 1 atom stereocenters. The maximum absolute atomic E-state index is 5.84. The van der Waals surface area contributed by atoms with Gasteiger partial charge in [-0.3, -0.25) is 4.99 Å². The van der Waals surface area contributed by atoms with Crippen molar-refractivity contribution in [2.45, 2.75) is 19.9 Å². The standard InChI is InChI=1S/C66H46N2S/c1-4-59(67-64(52-31-30-45-18-8-9-21-49(45)36-52)42(3)41(2)43-26-28-46(29-27-43)44-16-6-5-7-17-44)53-39-61(63-57-35-33-48-20-13-15-25-55(48)66(57)69-62(63)40-53)68-60-38-51-23-11-10-22-50(51)37-58(60)56-34-32-47-19-12-14-24-54(47)65(56)68/h4-40,59H,1H2,2-3H3/b42-41+,67-64?/t59-/m0/s1. The van der Waals surface area contributed by atoms with Crippen molar-refractivity contribution < 1.29 is 0 Å². The van der Waals surface area contributed by atoms with Crippen LogP contribution in [-0.4, -0.2) is 10.3 Å². The van der Waals surface area contributed by atoms with Gasteiger partial charge in [0.25, 0.3) is 0 Å². The Labute approximate surface area is 405 Å². The minimum absolute atomic E-state index is 0.370. The Bertz CT molecular complexity index is 4280. The summed E-state index contributed by atoms with van der Waals surface area (Å²) in [5.74, 6) is 0. The number of benzene rings is 11. The van der Waals surface area contributed by atoms with Gasteiger partial charge in [0.05, 0.1) is 28.5 Å². The summed E-state index contributed by atoms with van der Waals surface area (Å²) in [5.41, 5.74) is 12.5. The SMILES string of the molecule is C=C[C@H](N=C(/C(C)=C(\C)c1ccc(-c2ccccc2)cc1)c1ccc2ccccc2c1)c1cc(-n2c3cc4ccccc4cc3c3ccc4ccccc4c32)c2c(c1)sc1c3ccccc3ccc12. The van der Waals surface area contributed by atoms with E-state index in [4.69, 9.17) is 4.99 Å². The number of aliphatic imine (C=N–C) groups is 1. The first-order chi connectivity index (χ1) is 34.0. The van der Waals surface area contributed by atoms with Crippen LogP contribution in [0.1, 0.15) is 36.6 Å². The number of aromatic nitrogens is 1. The zero-order valence-electron chi connectivity index (χ0n) is 38.4. The summed E-state index contributed by atoms with van der Waals surface area (Å²) in [6, 6.07) is 79.7. The van der Waals surface area contributed by atoms with Gasteiger partial charge in [-0.15, -0.1) is 17.9 Å². The molecule has 0 unspecified atom stereocenters. The van der Waals surface area contributed by atoms with Crippen molar-refractivity contribution >= 4 is 108 Å². The van der Waals surface area contributed by atoms with E-state index >= 15 is 0 Å². The topological polar surface area (TPSA) is 17.3 Å². The highest BCUT2D eigenvalue weighted by molar-refractivity contribution is 7.26. The van der Waals surface area contributed by atoms with Gasteiger partial charge in [-0.05, 0) is 115 Å². The molecule has 2 nitrogen and oxygen atoms in total. The van der Waals surface area contributed by atoms with E-state index < -0.39 is 0 Å². The lowest BCUT2D eigenvalue weighted by atomic mass is 9.92. The number of hydrogen-bond donors (Lipinski definition) is 0. The fourth-order valence-electron chi connectivity index (χ4n) is 10.8. The maximum atomic E-state index is 5.84. The molecule has 0 saturated heterocycles. The van der Waals surface area contributed by atoms with Crippen molar-refractivity contribution in [2.75, 3.05) is 0 Å². The summed E-state index contributed by atoms with van der Waals surface area (Å²) in [5, 5.41) is 14.8. The smallest absolute Gasteiger partial charge is 0.0936 e. The summed E-state index contributed by atoms with van der Waals surface area (Å²) in [4.78, 5) is 5.84. The van der Waals surface area contributed by atoms with Crippen LogP contribution < -0.4 is 0 Å². The number of rotatable bonds is 8. The second-order valence-corrected chi connectivity index (χ2v) is 19.4. The molecule has 0 amide bonds. The molecule has 2 aromatic heterocycles. The predicted octanol–water partition coefficient (Wildman–Crippen LogP) is 18.6. The zero-order chi connectivity index (χ0) is 46.2. The highest BCUT2D eigenvalue weighted by atomic mass is 32.1. The van der Waals surface area contributed by atoms with Gasteiger partial charge in [0, 0.05) is 41.9 Å². The van der Waals surface area contributed by atoms with Gasteiger partial charge >= 0.3 is 0 Å². The van der Waals surface area contributed by atoms with E-state index in [2.05, 4.69) is 243 Å². The van der Waals surface area contributed by atoms with Crippen molar-refractivity contribution in [1.82, 2.24) is 4.57 Å². The molecule has 0 spiro atoms. The first kappa shape index (κ1) is 40.9. The molecule has 326 valence electrons. The lowest BCUT2D eigenvalue weighted by Gasteiger charge is -2.19. The molecule has 3 heteroatoms. The van der Waals surface area contributed by atoms with Gasteiger partial charge in [-0.1, -0.05) is 194 Å². The van der Waals surface area contributed by atoms with E-state index in [1.54, 1.807) is 0 Å². The van der Waals surface area contributed by atoms with E-state index in [0.29, 0.717) is 0 Å². The molecule has 0 N–H and O–H groups in total. The average Bonchev–Trinajstić information content (AvgIpc) is 3.96. The largest absolute Gasteiger partial charge is 0.308 e. The van der Waals surface area contributed by atoms with Gasteiger partial charge in [0.2, 0.25) is 0 Å². The lowest BCUT2D eigenvalue weighted by Crippen LogP contribution is -2.08. The molecule has 11 aromatic carbocycles. The van der Waals surface area contributed by atoms with Crippen LogP contribution in [0.4, 0.5) is 0 Å². The molecule has 0 aliphatic heterocycles. The Balaban J connectivity index is 1.09. The summed E-state index contributed by atoms with van der Waals surface area (Å²) < 4.78 is 5.08. The van der Waals surface area contributed by atoms with Gasteiger partial charge in [-0.2, -0.15) is 0 Å². The molecular formula is C66H46N2S. The summed E-state index contributed by atoms with van der Waals surface area (Å²) >= 11 is 1.88. The molecule has 0 fully saturated rings. The molecule has 0 aliphatic rings. The Morgan fingerprint density at radius 1 is 0.493 bits per heavy atom. The first-order valence-electron chi connectivity index (χ1n) is 23.8. The molecule has 13 aromatic rings. The molecule has 13 rings (SSSR count). The molecule has 0 radical (unpaired) electrons. The Morgan fingerprint density at radius 2 is 1.07 bits per heavy atom. The zero-order valence-corrected chi connectivity index (χ0v) is 39.3. The van der Waals surface area contributed by atoms with Crippen LogP contribution in [0, 0.1) is 0 Å². The Kier molecular flexibility index (Phi) is 9.74. The summed E-state index contributed by atoms with van der Waals surface area (Å²) in [7, 11) is 0. The van der Waals surface area contributed by atoms with Crippen LogP contribution in [0.25, 0.3) is 107 Å². The van der Waals surface area contributed by atoms with Crippen LogP contribution >= 0.6 is 11.3 Å². The molecule has 69 heavy (non-hydrogen) atoms. The number of nitrogens with zero attached hydrogens (tertiary/aromatic N) is 2. The Hall–Kier alpha value is -8.37. The predicted molar refractivity (Wildman–Crippen MR) is 300 cm³/mol. The van der Waals surface area contributed by atoms with Crippen molar-refractivity contribution in [3.05, 3.63) is 253 Å². The Morgan fingerprint density at radius 3 is 1.81 bits per heavy atom. The first-order valence-corrected chi connectivity index (χ1v) is 24.6. The monoisotopic (exact) mass is 898 g/mol.